The molecule has 0 spiro atoms. The molecular weight excluding hydrogens is 266 g/mol. The third-order valence-electron chi connectivity index (χ3n) is 3.35. The van der Waals surface area contributed by atoms with Crippen LogP contribution >= 0.6 is 0 Å². The number of hydrazone groups is 1. The van der Waals surface area contributed by atoms with Crippen LogP contribution in [-0.4, -0.2) is 16.4 Å². The van der Waals surface area contributed by atoms with Crippen molar-refractivity contribution in [2.45, 2.75) is 0 Å². The van der Waals surface area contributed by atoms with Gasteiger partial charge in [-0.3, -0.25) is 0 Å². The van der Waals surface area contributed by atoms with Crippen LogP contribution in [0.15, 0.2) is 59.8 Å². The summed E-state index contributed by atoms with van der Waals surface area (Å²) in [5.74, 6) is 0.195. The monoisotopic (exact) mass is 278 g/mol. The molecule has 2 heterocycles. The van der Waals surface area contributed by atoms with E-state index in [1.54, 1.807) is 28.3 Å². The number of nitrogens with one attached hydrogen (secondary N) is 2. The minimum Gasteiger partial charge on any atom is -0.508 e. The SMILES string of the molecule is Oc1cccc(N2NN=[C]N2c2ccc3cc[nH]c3c2)c1. The maximum Gasteiger partial charge on any atom is 0.222 e. The predicted octanol–water partition coefficient (Wildman–Crippen LogP) is 2.44. The van der Waals surface area contributed by atoms with Gasteiger partial charge in [-0.25, -0.2) is 5.01 Å². The van der Waals surface area contributed by atoms with Crippen LogP contribution in [0.25, 0.3) is 10.9 Å². The molecule has 0 fully saturated rings. The first-order valence-corrected chi connectivity index (χ1v) is 6.49. The van der Waals surface area contributed by atoms with Crippen molar-refractivity contribution in [2.24, 2.45) is 5.10 Å². The van der Waals surface area contributed by atoms with E-state index in [1.807, 2.05) is 36.5 Å². The Kier molecular flexibility index (Phi) is 2.47. The van der Waals surface area contributed by atoms with E-state index in [0.717, 1.165) is 22.3 Å². The molecule has 0 atom stereocenters. The van der Waals surface area contributed by atoms with Crippen molar-refractivity contribution in [3.05, 3.63) is 54.7 Å². The molecule has 1 aliphatic heterocycles. The highest BCUT2D eigenvalue weighted by Gasteiger charge is 2.21. The molecule has 3 aromatic rings. The average molecular weight is 278 g/mol. The van der Waals surface area contributed by atoms with Crippen LogP contribution in [0, 0.1) is 0 Å². The average Bonchev–Trinajstić information content (AvgIpc) is 3.15. The number of anilines is 2. The number of aromatic amines is 1. The van der Waals surface area contributed by atoms with Crippen molar-refractivity contribution in [1.82, 2.24) is 10.5 Å². The lowest BCUT2D eigenvalue weighted by Crippen LogP contribution is -2.43. The van der Waals surface area contributed by atoms with Gasteiger partial charge in [-0.1, -0.05) is 12.1 Å². The van der Waals surface area contributed by atoms with Gasteiger partial charge in [0.25, 0.3) is 0 Å². The van der Waals surface area contributed by atoms with Crippen molar-refractivity contribution >= 4 is 28.6 Å². The first kappa shape index (κ1) is 11.7. The van der Waals surface area contributed by atoms with Gasteiger partial charge in [-0.05, 0) is 35.7 Å². The molecule has 0 bridgehead atoms. The number of phenolic OH excluding ortho intramolecular Hbond substituents is 1. The molecule has 4 rings (SSSR count). The van der Waals surface area contributed by atoms with Crippen LogP contribution < -0.4 is 15.7 Å². The number of aromatic nitrogens is 1. The van der Waals surface area contributed by atoms with Gasteiger partial charge in [-0.15, -0.1) is 5.10 Å². The predicted molar refractivity (Wildman–Crippen MR) is 81.9 cm³/mol. The zero-order valence-corrected chi connectivity index (χ0v) is 11.0. The van der Waals surface area contributed by atoms with Gasteiger partial charge in [0, 0.05) is 17.8 Å². The topological polar surface area (TPSA) is 66.9 Å². The van der Waals surface area contributed by atoms with Gasteiger partial charge in [0.2, 0.25) is 6.34 Å². The first-order chi connectivity index (χ1) is 10.3. The van der Waals surface area contributed by atoms with Crippen LogP contribution in [0.1, 0.15) is 0 Å². The van der Waals surface area contributed by atoms with Crippen LogP contribution in [0.5, 0.6) is 5.75 Å². The summed E-state index contributed by atoms with van der Waals surface area (Å²) in [4.78, 5) is 3.18. The van der Waals surface area contributed by atoms with Crippen LogP contribution in [-0.2, 0) is 0 Å². The van der Waals surface area contributed by atoms with Gasteiger partial charge < -0.3 is 10.1 Å². The van der Waals surface area contributed by atoms with E-state index >= 15 is 0 Å². The number of H-pyrrole nitrogens is 1. The van der Waals surface area contributed by atoms with E-state index in [-0.39, 0.29) is 5.75 Å². The molecule has 1 aromatic heterocycles. The van der Waals surface area contributed by atoms with E-state index in [9.17, 15) is 5.11 Å². The number of hydrogen-bond acceptors (Lipinski definition) is 5. The third-order valence-corrected chi connectivity index (χ3v) is 3.35. The first-order valence-electron chi connectivity index (χ1n) is 6.49. The summed E-state index contributed by atoms with van der Waals surface area (Å²) in [5, 5.41) is 18.2. The highest BCUT2D eigenvalue weighted by molar-refractivity contribution is 5.90. The molecule has 0 aliphatic carbocycles. The maximum atomic E-state index is 9.61. The summed E-state index contributed by atoms with van der Waals surface area (Å²) in [7, 11) is 0. The molecule has 6 heteroatoms. The molecule has 0 amide bonds. The molecular formula is C15H12N5O. The van der Waals surface area contributed by atoms with Gasteiger partial charge in [0.05, 0.1) is 11.4 Å². The van der Waals surface area contributed by atoms with Crippen LogP contribution in [0.4, 0.5) is 11.4 Å². The number of fused-ring (bicyclic) bond motifs is 1. The molecule has 6 nitrogen and oxygen atoms in total. The molecule has 1 aliphatic rings. The normalized spacial score (nSPS) is 13.9. The van der Waals surface area contributed by atoms with Crippen LogP contribution in [0.3, 0.4) is 0 Å². The van der Waals surface area contributed by atoms with Crippen LogP contribution in [0.2, 0.25) is 0 Å². The summed E-state index contributed by atoms with van der Waals surface area (Å²) in [6.07, 6.45) is 4.78. The third kappa shape index (κ3) is 1.93. The quantitative estimate of drug-likeness (QED) is 0.673. The molecule has 1 radical (unpaired) electrons. The van der Waals surface area contributed by atoms with E-state index in [4.69, 9.17) is 0 Å². The summed E-state index contributed by atoms with van der Waals surface area (Å²) in [6.45, 7) is 0. The Labute approximate surface area is 120 Å². The number of rotatable bonds is 2. The van der Waals surface area contributed by atoms with Gasteiger partial charge in [0.15, 0.2) is 0 Å². The summed E-state index contributed by atoms with van der Waals surface area (Å²) in [6, 6.07) is 15.0. The zero-order valence-electron chi connectivity index (χ0n) is 11.0. The number of benzene rings is 2. The number of aromatic hydroxyl groups is 1. The Balaban J connectivity index is 1.74. The lowest BCUT2D eigenvalue weighted by atomic mass is 10.2. The fraction of sp³-hybridized carbons (Fsp3) is 0. The number of nitrogens with zero attached hydrogens (tertiary/aromatic N) is 3. The summed E-state index contributed by atoms with van der Waals surface area (Å²) >= 11 is 0. The Bertz CT molecular complexity index is 826. The van der Waals surface area contributed by atoms with Crippen molar-refractivity contribution in [3.8, 4) is 5.75 Å². The number of hydrogen-bond donors (Lipinski definition) is 3. The minimum atomic E-state index is 0.195. The van der Waals surface area contributed by atoms with Gasteiger partial charge in [0.1, 0.15) is 5.75 Å². The van der Waals surface area contributed by atoms with Gasteiger partial charge in [-0.2, -0.15) is 10.7 Å². The number of hydrazine groups is 2. The van der Waals surface area contributed by atoms with Crippen molar-refractivity contribution in [2.75, 3.05) is 10.1 Å². The standard InChI is InChI=1S/C15H12N5O/c21-14-3-1-2-13(8-14)20-18-17-10-19(20)12-5-4-11-6-7-16-15(11)9-12/h1-9,16,18,21H. The fourth-order valence-electron chi connectivity index (χ4n) is 2.35. The number of phenols is 1. The smallest absolute Gasteiger partial charge is 0.222 e. The van der Waals surface area contributed by atoms with Gasteiger partial charge >= 0.3 is 0 Å². The molecule has 0 unspecified atom stereocenters. The second-order valence-corrected chi connectivity index (χ2v) is 4.70. The van der Waals surface area contributed by atoms with E-state index < -0.39 is 0 Å². The Hall–Kier alpha value is -3.15. The lowest BCUT2D eigenvalue weighted by Gasteiger charge is -2.27. The van der Waals surface area contributed by atoms with E-state index in [1.165, 1.54) is 0 Å². The second kappa shape index (κ2) is 4.45. The molecule has 0 saturated heterocycles. The van der Waals surface area contributed by atoms with Crippen molar-refractivity contribution in [1.29, 1.82) is 0 Å². The highest BCUT2D eigenvalue weighted by Crippen LogP contribution is 2.27. The molecule has 0 saturated carbocycles. The van der Waals surface area contributed by atoms with E-state index in [0.29, 0.717) is 0 Å². The maximum absolute atomic E-state index is 9.61. The molecule has 3 N–H and O–H groups in total. The molecule has 21 heavy (non-hydrogen) atoms. The van der Waals surface area contributed by atoms with Crippen molar-refractivity contribution < 1.29 is 5.11 Å². The second-order valence-electron chi connectivity index (χ2n) is 4.70. The Morgan fingerprint density at radius 2 is 2.00 bits per heavy atom. The van der Waals surface area contributed by atoms with Crippen molar-refractivity contribution in [3.63, 3.8) is 0 Å². The fourth-order valence-corrected chi connectivity index (χ4v) is 2.35. The Morgan fingerprint density at radius 3 is 2.90 bits per heavy atom. The zero-order chi connectivity index (χ0) is 14.2. The largest absolute Gasteiger partial charge is 0.508 e. The minimum absolute atomic E-state index is 0.195. The summed E-state index contributed by atoms with van der Waals surface area (Å²) < 4.78 is 0. The Morgan fingerprint density at radius 1 is 1.05 bits per heavy atom. The summed E-state index contributed by atoms with van der Waals surface area (Å²) in [5.41, 5.74) is 5.55. The molecule has 2 aromatic carbocycles. The highest BCUT2D eigenvalue weighted by atomic mass is 16.3. The molecule has 103 valence electrons. The van der Waals surface area contributed by atoms with E-state index in [2.05, 4.69) is 22.0 Å². The lowest BCUT2D eigenvalue weighted by molar-refractivity contribution is 0.475.